The summed E-state index contributed by atoms with van der Waals surface area (Å²) in [4.78, 5) is 8.20. The van der Waals surface area contributed by atoms with Gasteiger partial charge >= 0.3 is 0 Å². The van der Waals surface area contributed by atoms with Crippen molar-refractivity contribution in [1.29, 1.82) is 0 Å². The zero-order valence-corrected chi connectivity index (χ0v) is 8.87. The molecule has 0 radical (unpaired) electrons. The Morgan fingerprint density at radius 1 is 0.833 bits per heavy atom. The van der Waals surface area contributed by atoms with Crippen LogP contribution in [0, 0.1) is 0 Å². The van der Waals surface area contributed by atoms with Crippen LogP contribution in [0.1, 0.15) is 0 Å². The van der Waals surface area contributed by atoms with E-state index in [1.807, 2.05) is 0 Å². The molecule has 6 heteroatoms. The minimum Gasteiger partial charge on any atom is -0.250 e. The van der Waals surface area contributed by atoms with Crippen LogP contribution >= 0.6 is 31.9 Å². The first-order chi connectivity index (χ1) is 5.79. The first-order valence-electron chi connectivity index (χ1n) is 3.07. The lowest BCUT2D eigenvalue weighted by molar-refractivity contribution is 0.988. The number of hydrogen-bond donors (Lipinski definition) is 0. The molecule has 2 rings (SSSR count). The van der Waals surface area contributed by atoms with E-state index in [1.54, 1.807) is 12.4 Å². The second-order valence-corrected chi connectivity index (χ2v) is 3.54. The molecule has 0 bridgehead atoms. The van der Waals surface area contributed by atoms with Crippen LogP contribution in [0.3, 0.4) is 0 Å². The monoisotopic (exact) mass is 288 g/mol. The van der Waals surface area contributed by atoms with Crippen LogP contribution in [0.25, 0.3) is 11.0 Å². The van der Waals surface area contributed by atoms with E-state index in [9.17, 15) is 0 Å². The third kappa shape index (κ3) is 1.21. The minimum atomic E-state index is 0.605. The van der Waals surface area contributed by atoms with E-state index in [0.29, 0.717) is 20.2 Å². The Labute approximate surface area is 84.7 Å². The molecule has 60 valence electrons. The molecule has 0 aliphatic carbocycles. The third-order valence-electron chi connectivity index (χ3n) is 1.31. The van der Waals surface area contributed by atoms with Crippen LogP contribution in [0.15, 0.2) is 21.6 Å². The predicted octanol–water partition coefficient (Wildman–Crippen LogP) is 1.94. The van der Waals surface area contributed by atoms with Crippen LogP contribution in [0.4, 0.5) is 0 Å². The van der Waals surface area contributed by atoms with E-state index >= 15 is 0 Å². The van der Waals surface area contributed by atoms with Crippen molar-refractivity contribution in [2.75, 3.05) is 0 Å². The van der Waals surface area contributed by atoms with Crippen LogP contribution < -0.4 is 0 Å². The highest BCUT2D eigenvalue weighted by atomic mass is 79.9. The summed E-state index contributed by atoms with van der Waals surface area (Å²) in [6, 6.07) is 0. The second-order valence-electron chi connectivity index (χ2n) is 2.04. The molecule has 12 heavy (non-hydrogen) atoms. The van der Waals surface area contributed by atoms with Gasteiger partial charge in [-0.15, -0.1) is 10.2 Å². The quantitative estimate of drug-likeness (QED) is 0.744. The normalized spacial score (nSPS) is 10.5. The molecular weight excluding hydrogens is 288 g/mol. The van der Waals surface area contributed by atoms with E-state index in [4.69, 9.17) is 0 Å². The van der Waals surface area contributed by atoms with E-state index in [0.717, 1.165) is 0 Å². The summed E-state index contributed by atoms with van der Waals surface area (Å²) < 4.78 is 1.21. The Kier molecular flexibility index (Phi) is 2.02. The van der Waals surface area contributed by atoms with Gasteiger partial charge in [-0.2, -0.15) is 0 Å². The van der Waals surface area contributed by atoms with Gasteiger partial charge in [0.15, 0.2) is 9.21 Å². The lowest BCUT2D eigenvalue weighted by atomic mass is 10.4. The molecule has 0 aliphatic rings. The molecule has 0 fully saturated rings. The summed E-state index contributed by atoms with van der Waals surface area (Å²) in [6.07, 6.45) is 3.22. The van der Waals surface area contributed by atoms with Crippen molar-refractivity contribution in [2.45, 2.75) is 0 Å². The summed E-state index contributed by atoms with van der Waals surface area (Å²) in [5.41, 5.74) is 1.42. The standard InChI is InChI=1S/C6H2Br2N4/c7-5-3-4(6(8)12-11-5)10-2-1-9-3/h1-2H. The van der Waals surface area contributed by atoms with Gasteiger partial charge in [-0.1, -0.05) is 0 Å². The highest BCUT2D eigenvalue weighted by molar-refractivity contribution is 9.11. The molecule has 0 spiro atoms. The van der Waals surface area contributed by atoms with Crippen molar-refractivity contribution in [3.8, 4) is 0 Å². The van der Waals surface area contributed by atoms with E-state index in [2.05, 4.69) is 52.0 Å². The Morgan fingerprint density at radius 3 is 1.67 bits per heavy atom. The number of fused-ring (bicyclic) bond motifs is 1. The maximum atomic E-state index is 4.10. The number of aromatic nitrogens is 4. The van der Waals surface area contributed by atoms with E-state index < -0.39 is 0 Å². The highest BCUT2D eigenvalue weighted by Crippen LogP contribution is 2.21. The Morgan fingerprint density at radius 2 is 1.25 bits per heavy atom. The van der Waals surface area contributed by atoms with Gasteiger partial charge < -0.3 is 0 Å². The predicted molar refractivity (Wildman–Crippen MR) is 50.5 cm³/mol. The molecule has 0 unspecified atom stereocenters. The summed E-state index contributed by atoms with van der Waals surface area (Å²) in [6.45, 7) is 0. The van der Waals surface area contributed by atoms with Crippen LogP contribution in [0.2, 0.25) is 0 Å². The molecule has 2 aromatic heterocycles. The van der Waals surface area contributed by atoms with Crippen molar-refractivity contribution in [1.82, 2.24) is 20.2 Å². The van der Waals surface area contributed by atoms with Crippen molar-refractivity contribution in [3.05, 3.63) is 21.6 Å². The zero-order chi connectivity index (χ0) is 8.55. The lowest BCUT2D eigenvalue weighted by Gasteiger charge is -1.97. The Balaban J connectivity index is 2.95. The van der Waals surface area contributed by atoms with Crippen LogP contribution in [-0.2, 0) is 0 Å². The average molecular weight is 290 g/mol. The minimum absolute atomic E-state index is 0.605. The van der Waals surface area contributed by atoms with Crippen molar-refractivity contribution in [3.63, 3.8) is 0 Å². The van der Waals surface area contributed by atoms with Gasteiger partial charge in [0.05, 0.1) is 0 Å². The number of hydrogen-bond acceptors (Lipinski definition) is 4. The van der Waals surface area contributed by atoms with Crippen LogP contribution in [0.5, 0.6) is 0 Å². The molecule has 2 heterocycles. The second kappa shape index (κ2) is 3.02. The maximum absolute atomic E-state index is 4.10. The summed E-state index contributed by atoms with van der Waals surface area (Å²) in [7, 11) is 0. The average Bonchev–Trinajstić information content (AvgIpc) is 2.12. The molecule has 0 atom stereocenters. The molecular formula is C6H2Br2N4. The first-order valence-corrected chi connectivity index (χ1v) is 4.66. The fourth-order valence-corrected chi connectivity index (χ4v) is 1.56. The molecule has 2 aromatic rings. The van der Waals surface area contributed by atoms with E-state index in [-0.39, 0.29) is 0 Å². The number of halogens is 2. The Hall–Kier alpha value is -0.620. The first kappa shape index (κ1) is 8.00. The van der Waals surface area contributed by atoms with Crippen molar-refractivity contribution in [2.24, 2.45) is 0 Å². The molecule has 0 aromatic carbocycles. The molecule has 0 amide bonds. The van der Waals surface area contributed by atoms with Gasteiger partial charge in [0.25, 0.3) is 0 Å². The summed E-state index contributed by atoms with van der Waals surface area (Å²) >= 11 is 6.47. The fourth-order valence-electron chi connectivity index (χ4n) is 0.822. The Bertz CT molecular complexity index is 390. The van der Waals surface area contributed by atoms with Gasteiger partial charge in [0, 0.05) is 12.4 Å². The zero-order valence-electron chi connectivity index (χ0n) is 5.70. The van der Waals surface area contributed by atoms with Crippen LogP contribution in [-0.4, -0.2) is 20.2 Å². The largest absolute Gasteiger partial charge is 0.250 e. The number of rotatable bonds is 0. The maximum Gasteiger partial charge on any atom is 0.156 e. The van der Waals surface area contributed by atoms with Gasteiger partial charge in [-0.05, 0) is 31.9 Å². The van der Waals surface area contributed by atoms with Gasteiger partial charge in [-0.3, -0.25) is 0 Å². The third-order valence-corrected chi connectivity index (χ3v) is 2.38. The highest BCUT2D eigenvalue weighted by Gasteiger charge is 2.06. The molecule has 4 nitrogen and oxygen atoms in total. The van der Waals surface area contributed by atoms with Crippen molar-refractivity contribution < 1.29 is 0 Å². The lowest BCUT2D eigenvalue weighted by Crippen LogP contribution is -1.91. The molecule has 0 N–H and O–H groups in total. The van der Waals surface area contributed by atoms with Gasteiger partial charge in [0.1, 0.15) is 11.0 Å². The van der Waals surface area contributed by atoms with Gasteiger partial charge in [0.2, 0.25) is 0 Å². The SMILES string of the molecule is Brc1nnc(Br)c2nccnc12. The molecule has 0 saturated heterocycles. The summed E-state index contributed by atoms with van der Waals surface area (Å²) in [5.74, 6) is 0. The van der Waals surface area contributed by atoms with Gasteiger partial charge in [-0.25, -0.2) is 9.97 Å². The summed E-state index contributed by atoms with van der Waals surface area (Å²) in [5, 5.41) is 7.65. The topological polar surface area (TPSA) is 51.6 Å². The molecule has 0 aliphatic heterocycles. The molecule has 0 saturated carbocycles. The smallest absolute Gasteiger partial charge is 0.156 e. The van der Waals surface area contributed by atoms with Crippen molar-refractivity contribution >= 4 is 42.9 Å². The number of nitrogens with zero attached hydrogens (tertiary/aromatic N) is 4. The fraction of sp³-hybridized carbons (Fsp3) is 0. The van der Waals surface area contributed by atoms with E-state index in [1.165, 1.54) is 0 Å².